The van der Waals surface area contributed by atoms with Gasteiger partial charge in [-0.05, 0) is 55.8 Å². The average molecular weight is 361 g/mol. The first-order valence-corrected chi connectivity index (χ1v) is 9.22. The van der Waals surface area contributed by atoms with E-state index in [0.717, 1.165) is 59.8 Å². The zero-order chi connectivity index (χ0) is 18.8. The van der Waals surface area contributed by atoms with Gasteiger partial charge in [0.2, 0.25) is 0 Å². The lowest BCUT2D eigenvalue weighted by Gasteiger charge is -2.28. The smallest absolute Gasteiger partial charge is 0.255 e. The Labute approximate surface area is 159 Å². The third-order valence-corrected chi connectivity index (χ3v) is 4.91. The molecule has 5 nitrogen and oxygen atoms in total. The van der Waals surface area contributed by atoms with E-state index in [0.29, 0.717) is 5.56 Å². The summed E-state index contributed by atoms with van der Waals surface area (Å²) in [5.41, 5.74) is 4.64. The number of hydrogen-bond donors (Lipinski definition) is 1. The minimum atomic E-state index is -0.107. The molecule has 0 bridgehead atoms. The second-order valence-corrected chi connectivity index (χ2v) is 6.95. The number of amides is 1. The number of carbonyl (C=O) groups is 1. The molecular formula is C22H23N3O2. The minimum absolute atomic E-state index is 0.107. The van der Waals surface area contributed by atoms with Crippen LogP contribution in [0.2, 0.25) is 0 Å². The lowest BCUT2D eigenvalue weighted by Crippen LogP contribution is -2.36. The van der Waals surface area contributed by atoms with E-state index in [1.54, 1.807) is 0 Å². The molecule has 0 saturated carbocycles. The standard InChI is InChI=1S/C22H23N3O2/c1-15-3-5-17(6-4-15)22(26)23-18-7-8-20-19(14-18)16(2)13-21(24-20)25-9-11-27-12-10-25/h3-8,13-14H,9-12H2,1-2H3,(H,23,26). The van der Waals surface area contributed by atoms with Crippen molar-refractivity contribution in [1.82, 2.24) is 4.98 Å². The van der Waals surface area contributed by atoms with Gasteiger partial charge in [-0.25, -0.2) is 4.98 Å². The highest BCUT2D eigenvalue weighted by molar-refractivity contribution is 6.05. The molecular weight excluding hydrogens is 338 g/mol. The molecule has 0 radical (unpaired) electrons. The Bertz CT molecular complexity index is 977. The molecule has 1 saturated heterocycles. The van der Waals surface area contributed by atoms with Crippen LogP contribution in [0.25, 0.3) is 10.9 Å². The zero-order valence-corrected chi connectivity index (χ0v) is 15.7. The molecule has 138 valence electrons. The SMILES string of the molecule is Cc1ccc(C(=O)Nc2ccc3nc(N4CCOCC4)cc(C)c3c2)cc1. The molecule has 2 aromatic carbocycles. The normalized spacial score (nSPS) is 14.4. The quantitative estimate of drug-likeness (QED) is 0.768. The molecule has 1 N–H and O–H groups in total. The number of nitrogens with zero attached hydrogens (tertiary/aromatic N) is 2. The molecule has 1 fully saturated rings. The molecule has 1 aliphatic heterocycles. The van der Waals surface area contributed by atoms with E-state index in [4.69, 9.17) is 9.72 Å². The fourth-order valence-corrected chi connectivity index (χ4v) is 3.32. The Morgan fingerprint density at radius 1 is 1.04 bits per heavy atom. The van der Waals surface area contributed by atoms with E-state index in [1.165, 1.54) is 0 Å². The van der Waals surface area contributed by atoms with Crippen LogP contribution in [0.15, 0.2) is 48.5 Å². The van der Waals surface area contributed by atoms with Crippen LogP contribution in [-0.2, 0) is 4.74 Å². The Balaban J connectivity index is 1.59. The summed E-state index contributed by atoms with van der Waals surface area (Å²) in [6.45, 7) is 7.29. The van der Waals surface area contributed by atoms with Crippen LogP contribution in [0.4, 0.5) is 11.5 Å². The summed E-state index contributed by atoms with van der Waals surface area (Å²) >= 11 is 0. The highest BCUT2D eigenvalue weighted by atomic mass is 16.5. The largest absolute Gasteiger partial charge is 0.378 e. The number of benzene rings is 2. The number of fused-ring (bicyclic) bond motifs is 1. The molecule has 1 amide bonds. The Morgan fingerprint density at radius 3 is 2.52 bits per heavy atom. The van der Waals surface area contributed by atoms with Gasteiger partial charge in [0.15, 0.2) is 0 Å². The number of aryl methyl sites for hydroxylation is 2. The highest BCUT2D eigenvalue weighted by Crippen LogP contribution is 2.26. The maximum atomic E-state index is 12.5. The number of ether oxygens (including phenoxy) is 1. The molecule has 1 aromatic heterocycles. The van der Waals surface area contributed by atoms with Crippen molar-refractivity contribution < 1.29 is 9.53 Å². The van der Waals surface area contributed by atoms with Crippen molar-refractivity contribution in [1.29, 1.82) is 0 Å². The number of aromatic nitrogens is 1. The van der Waals surface area contributed by atoms with Gasteiger partial charge in [0.25, 0.3) is 5.91 Å². The summed E-state index contributed by atoms with van der Waals surface area (Å²) in [5.74, 6) is 0.879. The number of nitrogens with one attached hydrogen (secondary N) is 1. The van der Waals surface area contributed by atoms with Gasteiger partial charge in [0.05, 0.1) is 18.7 Å². The Kier molecular flexibility index (Phi) is 4.77. The molecule has 1 aliphatic rings. The minimum Gasteiger partial charge on any atom is -0.378 e. The van der Waals surface area contributed by atoms with Crippen LogP contribution in [0.1, 0.15) is 21.5 Å². The maximum absolute atomic E-state index is 12.5. The topological polar surface area (TPSA) is 54.5 Å². The molecule has 2 heterocycles. The predicted molar refractivity (Wildman–Crippen MR) is 109 cm³/mol. The van der Waals surface area contributed by atoms with E-state index < -0.39 is 0 Å². The van der Waals surface area contributed by atoms with E-state index in [1.807, 2.05) is 49.4 Å². The van der Waals surface area contributed by atoms with Gasteiger partial charge in [0, 0.05) is 29.7 Å². The van der Waals surface area contributed by atoms with Crippen LogP contribution < -0.4 is 10.2 Å². The highest BCUT2D eigenvalue weighted by Gasteiger charge is 2.14. The Morgan fingerprint density at radius 2 is 1.78 bits per heavy atom. The van der Waals surface area contributed by atoms with Crippen molar-refractivity contribution in [2.24, 2.45) is 0 Å². The van der Waals surface area contributed by atoms with E-state index in [2.05, 4.69) is 23.2 Å². The van der Waals surface area contributed by atoms with Gasteiger partial charge in [-0.2, -0.15) is 0 Å². The van der Waals surface area contributed by atoms with Gasteiger partial charge in [-0.15, -0.1) is 0 Å². The van der Waals surface area contributed by atoms with E-state index >= 15 is 0 Å². The Hall–Kier alpha value is -2.92. The van der Waals surface area contributed by atoms with Crippen molar-refractivity contribution in [3.8, 4) is 0 Å². The number of anilines is 2. The van der Waals surface area contributed by atoms with E-state index in [-0.39, 0.29) is 5.91 Å². The molecule has 0 aliphatic carbocycles. The summed E-state index contributed by atoms with van der Waals surface area (Å²) in [7, 11) is 0. The second-order valence-electron chi connectivity index (χ2n) is 6.95. The molecule has 0 atom stereocenters. The first kappa shape index (κ1) is 17.5. The van der Waals surface area contributed by atoms with Crippen LogP contribution >= 0.6 is 0 Å². The zero-order valence-electron chi connectivity index (χ0n) is 15.7. The van der Waals surface area contributed by atoms with Gasteiger partial charge in [-0.1, -0.05) is 17.7 Å². The molecule has 3 aromatic rings. The van der Waals surface area contributed by atoms with Crippen molar-refractivity contribution in [3.63, 3.8) is 0 Å². The molecule has 5 heteroatoms. The number of pyridine rings is 1. The van der Waals surface area contributed by atoms with Crippen molar-refractivity contribution in [2.45, 2.75) is 13.8 Å². The van der Waals surface area contributed by atoms with Crippen molar-refractivity contribution in [3.05, 3.63) is 65.2 Å². The van der Waals surface area contributed by atoms with Crippen LogP contribution in [0.3, 0.4) is 0 Å². The van der Waals surface area contributed by atoms with Crippen molar-refractivity contribution in [2.75, 3.05) is 36.5 Å². The summed E-state index contributed by atoms with van der Waals surface area (Å²) in [4.78, 5) is 19.5. The molecule has 27 heavy (non-hydrogen) atoms. The summed E-state index contributed by atoms with van der Waals surface area (Å²) in [6.07, 6.45) is 0. The third-order valence-electron chi connectivity index (χ3n) is 4.91. The van der Waals surface area contributed by atoms with Gasteiger partial charge in [-0.3, -0.25) is 4.79 Å². The fourth-order valence-electron chi connectivity index (χ4n) is 3.32. The summed E-state index contributed by atoms with van der Waals surface area (Å²) in [5, 5.41) is 4.03. The lowest BCUT2D eigenvalue weighted by molar-refractivity contribution is 0.102. The number of hydrogen-bond acceptors (Lipinski definition) is 4. The first-order valence-electron chi connectivity index (χ1n) is 9.22. The van der Waals surface area contributed by atoms with Crippen LogP contribution in [-0.4, -0.2) is 37.2 Å². The average Bonchev–Trinajstić information content (AvgIpc) is 2.69. The summed E-state index contributed by atoms with van der Waals surface area (Å²) < 4.78 is 5.42. The number of carbonyl (C=O) groups excluding carboxylic acids is 1. The summed E-state index contributed by atoms with van der Waals surface area (Å²) in [6, 6.07) is 15.5. The maximum Gasteiger partial charge on any atom is 0.255 e. The predicted octanol–water partition coefficient (Wildman–Crippen LogP) is 3.94. The molecule has 0 spiro atoms. The van der Waals surface area contributed by atoms with Crippen LogP contribution in [0, 0.1) is 13.8 Å². The van der Waals surface area contributed by atoms with Gasteiger partial charge >= 0.3 is 0 Å². The van der Waals surface area contributed by atoms with Crippen molar-refractivity contribution >= 4 is 28.3 Å². The van der Waals surface area contributed by atoms with Gasteiger partial charge < -0.3 is 15.0 Å². The molecule has 0 unspecified atom stereocenters. The second kappa shape index (κ2) is 7.37. The molecule has 4 rings (SSSR count). The third kappa shape index (κ3) is 3.78. The number of rotatable bonds is 3. The monoisotopic (exact) mass is 361 g/mol. The van der Waals surface area contributed by atoms with Gasteiger partial charge in [0.1, 0.15) is 5.82 Å². The van der Waals surface area contributed by atoms with E-state index in [9.17, 15) is 4.79 Å². The number of morpholine rings is 1. The fraction of sp³-hybridized carbons (Fsp3) is 0.273. The van der Waals surface area contributed by atoms with Crippen LogP contribution in [0.5, 0.6) is 0 Å². The lowest BCUT2D eigenvalue weighted by atomic mass is 10.1. The first-order chi connectivity index (χ1) is 13.1.